The first kappa shape index (κ1) is 18.3. The maximum absolute atomic E-state index is 11.9. The lowest BCUT2D eigenvalue weighted by molar-refractivity contribution is 0.0633. The first-order chi connectivity index (χ1) is 11.7. The molecule has 1 heterocycles. The number of carbonyl (C=O) groups is 2. The molecule has 7 nitrogen and oxygen atoms in total. The number of carbonyl (C=O) groups excluding carboxylic acids is 1. The first-order valence-corrected chi connectivity index (χ1v) is 7.64. The Morgan fingerprint density at radius 3 is 2.48 bits per heavy atom. The van der Waals surface area contributed by atoms with Crippen molar-refractivity contribution in [2.75, 3.05) is 5.32 Å². The van der Waals surface area contributed by atoms with Crippen LogP contribution < -0.4 is 10.1 Å². The number of carboxylic acid groups (broad SMARTS) is 1. The molecule has 2 aromatic rings. The van der Waals surface area contributed by atoms with Crippen LogP contribution >= 0.6 is 0 Å². The van der Waals surface area contributed by atoms with Crippen LogP contribution in [-0.4, -0.2) is 27.8 Å². The second kappa shape index (κ2) is 7.65. The van der Waals surface area contributed by atoms with Crippen molar-refractivity contribution in [3.05, 3.63) is 53.7 Å². The lowest BCUT2D eigenvalue weighted by Crippen LogP contribution is -2.27. The quantitative estimate of drug-likeness (QED) is 0.858. The fourth-order valence-corrected chi connectivity index (χ4v) is 1.90. The van der Waals surface area contributed by atoms with Gasteiger partial charge < -0.3 is 14.6 Å². The molecule has 2 N–H and O–H groups in total. The van der Waals surface area contributed by atoms with Gasteiger partial charge in [-0.15, -0.1) is 0 Å². The largest absolute Gasteiger partial charge is 0.485 e. The molecule has 0 spiro atoms. The maximum atomic E-state index is 11.9. The van der Waals surface area contributed by atoms with Crippen LogP contribution in [0.1, 0.15) is 36.7 Å². The van der Waals surface area contributed by atoms with Gasteiger partial charge in [0.15, 0.2) is 11.6 Å². The standard InChI is InChI=1S/C18H20N2O5/c1-18(2,3)25-17(23)20-15-14(9-13(10-19-15)16(21)22)24-11-12-7-5-4-6-8-12/h4-10H,11H2,1-3H3,(H,21,22)(H,19,20,23). The molecule has 0 aliphatic heterocycles. The highest BCUT2D eigenvalue weighted by Crippen LogP contribution is 2.25. The summed E-state index contributed by atoms with van der Waals surface area (Å²) in [6.45, 7) is 5.41. The third-order valence-electron chi connectivity index (χ3n) is 2.96. The van der Waals surface area contributed by atoms with Gasteiger partial charge in [-0.3, -0.25) is 5.32 Å². The van der Waals surface area contributed by atoms with E-state index >= 15 is 0 Å². The number of rotatable bonds is 5. The third kappa shape index (κ3) is 5.80. The Balaban J connectivity index is 2.19. The molecule has 0 bridgehead atoms. The number of ether oxygens (including phenoxy) is 2. The van der Waals surface area contributed by atoms with E-state index < -0.39 is 17.7 Å². The highest BCUT2D eigenvalue weighted by molar-refractivity contribution is 5.90. The van der Waals surface area contributed by atoms with Gasteiger partial charge in [0.05, 0.1) is 5.56 Å². The lowest BCUT2D eigenvalue weighted by Gasteiger charge is -2.20. The summed E-state index contributed by atoms with van der Waals surface area (Å²) in [5.74, 6) is -0.898. The smallest absolute Gasteiger partial charge is 0.413 e. The summed E-state index contributed by atoms with van der Waals surface area (Å²) in [5.41, 5.74) is 0.181. The van der Waals surface area contributed by atoms with Crippen molar-refractivity contribution in [3.8, 4) is 5.75 Å². The second-order valence-electron chi connectivity index (χ2n) is 6.28. The fraction of sp³-hybridized carbons (Fsp3) is 0.278. The van der Waals surface area contributed by atoms with Crippen LogP contribution in [0.5, 0.6) is 5.75 Å². The minimum absolute atomic E-state index is 0.0437. The number of hydrogen-bond acceptors (Lipinski definition) is 5. The SMILES string of the molecule is CC(C)(C)OC(=O)Nc1ncc(C(=O)O)cc1OCc1ccccc1. The fourth-order valence-electron chi connectivity index (χ4n) is 1.90. The number of pyridine rings is 1. The zero-order valence-corrected chi connectivity index (χ0v) is 14.3. The van der Waals surface area contributed by atoms with Crippen molar-refractivity contribution in [3.63, 3.8) is 0 Å². The minimum Gasteiger partial charge on any atom is -0.485 e. The highest BCUT2D eigenvalue weighted by Gasteiger charge is 2.19. The van der Waals surface area contributed by atoms with Gasteiger partial charge >= 0.3 is 12.1 Å². The van der Waals surface area contributed by atoms with Crippen molar-refractivity contribution >= 4 is 17.9 Å². The number of aromatic nitrogens is 1. The van der Waals surface area contributed by atoms with E-state index in [1.165, 1.54) is 6.07 Å². The van der Waals surface area contributed by atoms with Crippen LogP contribution in [0.3, 0.4) is 0 Å². The Morgan fingerprint density at radius 1 is 1.20 bits per heavy atom. The van der Waals surface area contributed by atoms with E-state index in [0.717, 1.165) is 11.8 Å². The Kier molecular flexibility index (Phi) is 5.59. The Labute approximate surface area is 145 Å². The van der Waals surface area contributed by atoms with Gasteiger partial charge in [0, 0.05) is 12.3 Å². The molecule has 25 heavy (non-hydrogen) atoms. The summed E-state index contributed by atoms with van der Waals surface area (Å²) in [5, 5.41) is 11.6. The van der Waals surface area contributed by atoms with E-state index in [2.05, 4.69) is 10.3 Å². The highest BCUT2D eigenvalue weighted by atomic mass is 16.6. The van der Waals surface area contributed by atoms with Crippen LogP contribution in [0.4, 0.5) is 10.6 Å². The third-order valence-corrected chi connectivity index (χ3v) is 2.96. The Morgan fingerprint density at radius 2 is 1.88 bits per heavy atom. The molecule has 7 heteroatoms. The van der Waals surface area contributed by atoms with E-state index in [9.17, 15) is 9.59 Å². The summed E-state index contributed by atoms with van der Waals surface area (Å²) in [7, 11) is 0. The Hall–Kier alpha value is -3.09. The van der Waals surface area contributed by atoms with Gasteiger partial charge in [-0.05, 0) is 26.3 Å². The van der Waals surface area contributed by atoms with Gasteiger partial charge in [-0.1, -0.05) is 30.3 Å². The number of carboxylic acids is 1. The summed E-state index contributed by atoms with van der Waals surface area (Å²) in [6, 6.07) is 10.7. The molecule has 0 aliphatic rings. The van der Waals surface area contributed by atoms with E-state index in [1.807, 2.05) is 30.3 Å². The van der Waals surface area contributed by atoms with Crippen molar-refractivity contribution in [1.82, 2.24) is 4.98 Å². The Bertz CT molecular complexity index is 754. The molecule has 0 saturated carbocycles. The molecule has 132 valence electrons. The number of aromatic carboxylic acids is 1. The number of nitrogens with one attached hydrogen (secondary N) is 1. The first-order valence-electron chi connectivity index (χ1n) is 7.64. The molecule has 0 fully saturated rings. The second-order valence-corrected chi connectivity index (χ2v) is 6.28. The van der Waals surface area contributed by atoms with E-state index in [0.29, 0.717) is 0 Å². The molecule has 0 unspecified atom stereocenters. The van der Waals surface area contributed by atoms with Crippen LogP contribution in [-0.2, 0) is 11.3 Å². The molecular formula is C18H20N2O5. The van der Waals surface area contributed by atoms with Crippen molar-refractivity contribution < 1.29 is 24.2 Å². The predicted octanol–water partition coefficient (Wildman–Crippen LogP) is 3.71. The number of nitrogens with zero attached hydrogens (tertiary/aromatic N) is 1. The van der Waals surface area contributed by atoms with Crippen LogP contribution in [0.2, 0.25) is 0 Å². The van der Waals surface area contributed by atoms with Crippen LogP contribution in [0.15, 0.2) is 42.6 Å². The van der Waals surface area contributed by atoms with Crippen molar-refractivity contribution in [2.45, 2.75) is 33.0 Å². The number of benzene rings is 1. The molecule has 1 aromatic heterocycles. The number of hydrogen-bond donors (Lipinski definition) is 2. The molecule has 1 aromatic carbocycles. The van der Waals surface area contributed by atoms with E-state index in [1.54, 1.807) is 20.8 Å². The summed E-state index contributed by atoms with van der Waals surface area (Å²) >= 11 is 0. The molecule has 0 radical (unpaired) electrons. The molecule has 0 atom stereocenters. The maximum Gasteiger partial charge on any atom is 0.413 e. The average Bonchev–Trinajstić information content (AvgIpc) is 2.53. The number of anilines is 1. The predicted molar refractivity (Wildman–Crippen MR) is 91.8 cm³/mol. The van der Waals surface area contributed by atoms with Gasteiger partial charge in [0.2, 0.25) is 0 Å². The molecule has 2 rings (SSSR count). The normalized spacial score (nSPS) is 10.8. The van der Waals surface area contributed by atoms with Crippen molar-refractivity contribution in [1.29, 1.82) is 0 Å². The van der Waals surface area contributed by atoms with Crippen LogP contribution in [0.25, 0.3) is 0 Å². The topological polar surface area (TPSA) is 97.8 Å². The van der Waals surface area contributed by atoms with Crippen LogP contribution in [0, 0.1) is 0 Å². The molecule has 0 saturated heterocycles. The zero-order valence-electron chi connectivity index (χ0n) is 14.3. The summed E-state index contributed by atoms with van der Waals surface area (Å²) < 4.78 is 10.8. The van der Waals surface area contributed by atoms with E-state index in [-0.39, 0.29) is 23.7 Å². The van der Waals surface area contributed by atoms with Crippen molar-refractivity contribution in [2.24, 2.45) is 0 Å². The lowest BCUT2D eigenvalue weighted by atomic mass is 10.2. The number of amides is 1. The monoisotopic (exact) mass is 344 g/mol. The molecular weight excluding hydrogens is 324 g/mol. The van der Waals surface area contributed by atoms with Gasteiger partial charge in [-0.2, -0.15) is 0 Å². The summed E-state index contributed by atoms with van der Waals surface area (Å²) in [6.07, 6.45) is 0.442. The van der Waals surface area contributed by atoms with E-state index in [4.69, 9.17) is 14.6 Å². The molecule has 0 aliphatic carbocycles. The summed E-state index contributed by atoms with van der Waals surface area (Å²) in [4.78, 5) is 27.0. The van der Waals surface area contributed by atoms with Gasteiger partial charge in [0.25, 0.3) is 0 Å². The van der Waals surface area contributed by atoms with Gasteiger partial charge in [0.1, 0.15) is 12.2 Å². The minimum atomic E-state index is -1.14. The van der Waals surface area contributed by atoms with Gasteiger partial charge in [-0.25, -0.2) is 14.6 Å². The zero-order chi connectivity index (χ0) is 18.4. The molecule has 1 amide bonds. The average molecular weight is 344 g/mol.